The molecule has 0 fully saturated rings. The van der Waals surface area contributed by atoms with Gasteiger partial charge in [0.1, 0.15) is 0 Å². The molecule has 7 nitrogen and oxygen atoms in total. The summed E-state index contributed by atoms with van der Waals surface area (Å²) in [6.45, 7) is 0.135. The van der Waals surface area contributed by atoms with Gasteiger partial charge in [0.05, 0.1) is 5.56 Å². The van der Waals surface area contributed by atoms with Crippen LogP contribution in [0.3, 0.4) is 0 Å². The number of aromatic nitrogens is 1. The van der Waals surface area contributed by atoms with E-state index in [-0.39, 0.29) is 18.9 Å². The third-order valence-electron chi connectivity index (χ3n) is 2.98. The highest BCUT2D eigenvalue weighted by Gasteiger charge is 2.08. The van der Waals surface area contributed by atoms with Gasteiger partial charge in [0, 0.05) is 35.9 Å². The lowest BCUT2D eigenvalue weighted by Gasteiger charge is -2.08. The fourth-order valence-corrected chi connectivity index (χ4v) is 1.88. The van der Waals surface area contributed by atoms with Crippen molar-refractivity contribution >= 4 is 29.3 Å². The highest BCUT2D eigenvalue weighted by molar-refractivity contribution is 6.30. The first-order valence-corrected chi connectivity index (χ1v) is 7.47. The van der Waals surface area contributed by atoms with E-state index in [2.05, 4.69) is 21.2 Å². The minimum atomic E-state index is -0.471. The van der Waals surface area contributed by atoms with Crippen molar-refractivity contribution in [2.45, 2.75) is 6.42 Å². The smallest absolute Gasteiger partial charge is 0.271 e. The molecule has 0 saturated heterocycles. The van der Waals surface area contributed by atoms with E-state index in [9.17, 15) is 14.4 Å². The molecule has 8 heteroatoms. The maximum atomic E-state index is 11.8. The Hall–Kier alpha value is -2.93. The Bertz CT molecular complexity index is 720. The molecule has 0 saturated carbocycles. The number of rotatable bonds is 5. The predicted octanol–water partition coefficient (Wildman–Crippen LogP) is 1.32. The SMILES string of the molecule is O=C(CCNC(=O)c1ccc(Cl)cc1)NNC(=O)c1cccnc1. The third-order valence-corrected chi connectivity index (χ3v) is 3.24. The molecule has 2 rings (SSSR count). The number of nitrogens with zero attached hydrogens (tertiary/aromatic N) is 1. The number of hydrogen-bond donors (Lipinski definition) is 3. The van der Waals surface area contributed by atoms with Gasteiger partial charge >= 0.3 is 0 Å². The Kier molecular flexibility index (Phi) is 6.27. The Balaban J connectivity index is 1.69. The average molecular weight is 347 g/mol. The van der Waals surface area contributed by atoms with Crippen LogP contribution >= 0.6 is 11.6 Å². The van der Waals surface area contributed by atoms with Crippen LogP contribution in [0.2, 0.25) is 5.02 Å². The second-order valence-electron chi connectivity index (χ2n) is 4.76. The number of halogens is 1. The molecule has 0 radical (unpaired) electrons. The Morgan fingerprint density at radius 1 is 0.958 bits per heavy atom. The molecule has 2 aromatic rings. The van der Waals surface area contributed by atoms with Crippen molar-refractivity contribution in [2.75, 3.05) is 6.54 Å². The molecule has 0 unspecified atom stereocenters. The first-order chi connectivity index (χ1) is 11.6. The Morgan fingerprint density at radius 2 is 1.71 bits per heavy atom. The number of carbonyl (C=O) groups excluding carboxylic acids is 3. The summed E-state index contributed by atoms with van der Waals surface area (Å²) in [5, 5.41) is 3.14. The van der Waals surface area contributed by atoms with E-state index in [0.29, 0.717) is 16.1 Å². The Labute approximate surface area is 143 Å². The van der Waals surface area contributed by atoms with Gasteiger partial charge in [-0.1, -0.05) is 11.6 Å². The molecule has 0 atom stereocenters. The summed E-state index contributed by atoms with van der Waals surface area (Å²) in [4.78, 5) is 39.0. The maximum Gasteiger partial charge on any atom is 0.271 e. The van der Waals surface area contributed by atoms with Crippen LogP contribution in [0.15, 0.2) is 48.8 Å². The molecule has 1 heterocycles. The number of benzene rings is 1. The fourth-order valence-electron chi connectivity index (χ4n) is 1.75. The number of pyridine rings is 1. The van der Waals surface area contributed by atoms with Crippen molar-refractivity contribution in [1.82, 2.24) is 21.2 Å². The van der Waals surface area contributed by atoms with Crippen LogP contribution < -0.4 is 16.2 Å². The monoisotopic (exact) mass is 346 g/mol. The number of carbonyl (C=O) groups is 3. The first-order valence-electron chi connectivity index (χ1n) is 7.09. The van der Waals surface area contributed by atoms with Crippen molar-refractivity contribution in [2.24, 2.45) is 0 Å². The third kappa shape index (κ3) is 5.36. The van der Waals surface area contributed by atoms with Gasteiger partial charge in [-0.25, -0.2) is 0 Å². The predicted molar refractivity (Wildman–Crippen MR) is 88.2 cm³/mol. The molecule has 124 valence electrons. The minimum absolute atomic E-state index is 0.0205. The summed E-state index contributed by atoms with van der Waals surface area (Å²) in [6, 6.07) is 9.58. The van der Waals surface area contributed by atoms with Crippen LogP contribution in [0.4, 0.5) is 0 Å². The maximum absolute atomic E-state index is 11.8. The van der Waals surface area contributed by atoms with E-state index >= 15 is 0 Å². The van der Waals surface area contributed by atoms with Gasteiger partial charge in [-0.3, -0.25) is 30.2 Å². The largest absolute Gasteiger partial charge is 0.352 e. The highest BCUT2D eigenvalue weighted by atomic mass is 35.5. The number of nitrogens with one attached hydrogen (secondary N) is 3. The molecule has 0 aliphatic carbocycles. The molecule has 3 amide bonds. The molecule has 1 aromatic heterocycles. The first kappa shape index (κ1) is 17.4. The van der Waals surface area contributed by atoms with Crippen molar-refractivity contribution in [1.29, 1.82) is 0 Å². The second kappa shape index (κ2) is 8.64. The van der Waals surface area contributed by atoms with Crippen molar-refractivity contribution in [3.8, 4) is 0 Å². The lowest BCUT2D eigenvalue weighted by molar-refractivity contribution is -0.121. The summed E-state index contributed by atoms with van der Waals surface area (Å²) in [7, 11) is 0. The van der Waals surface area contributed by atoms with Gasteiger partial charge in [-0.2, -0.15) is 0 Å². The summed E-state index contributed by atoms with van der Waals surface area (Å²) in [6.07, 6.45) is 2.94. The summed E-state index contributed by atoms with van der Waals surface area (Å²) in [5.41, 5.74) is 5.31. The van der Waals surface area contributed by atoms with Gasteiger partial charge in [0.25, 0.3) is 11.8 Å². The van der Waals surface area contributed by atoms with E-state index in [1.807, 2.05) is 0 Å². The van der Waals surface area contributed by atoms with E-state index in [1.54, 1.807) is 42.6 Å². The van der Waals surface area contributed by atoms with Gasteiger partial charge in [-0.05, 0) is 36.4 Å². The molecule has 0 aliphatic heterocycles. The van der Waals surface area contributed by atoms with Gasteiger partial charge in [0.2, 0.25) is 5.91 Å². The zero-order chi connectivity index (χ0) is 17.4. The number of amides is 3. The standard InChI is InChI=1S/C16H15ClN4O3/c17-13-5-3-11(4-6-13)15(23)19-9-7-14(22)20-21-16(24)12-2-1-8-18-10-12/h1-6,8,10H,7,9H2,(H,19,23)(H,20,22)(H,21,24). The van der Waals surface area contributed by atoms with E-state index < -0.39 is 11.8 Å². The van der Waals surface area contributed by atoms with E-state index in [4.69, 9.17) is 11.6 Å². The molecule has 24 heavy (non-hydrogen) atoms. The fraction of sp³-hybridized carbons (Fsp3) is 0.125. The zero-order valence-corrected chi connectivity index (χ0v) is 13.3. The highest BCUT2D eigenvalue weighted by Crippen LogP contribution is 2.09. The molecule has 0 spiro atoms. The van der Waals surface area contributed by atoms with Gasteiger partial charge in [-0.15, -0.1) is 0 Å². The quantitative estimate of drug-likeness (QED) is 0.711. The van der Waals surface area contributed by atoms with E-state index in [0.717, 1.165) is 0 Å². The molecule has 1 aromatic carbocycles. The van der Waals surface area contributed by atoms with Crippen molar-refractivity contribution < 1.29 is 14.4 Å². The normalized spacial score (nSPS) is 9.88. The molecule has 0 bridgehead atoms. The average Bonchev–Trinajstić information content (AvgIpc) is 2.61. The van der Waals surface area contributed by atoms with E-state index in [1.165, 1.54) is 6.20 Å². The zero-order valence-electron chi connectivity index (χ0n) is 12.6. The number of hydrogen-bond acceptors (Lipinski definition) is 4. The molecular weight excluding hydrogens is 332 g/mol. The van der Waals surface area contributed by atoms with Crippen molar-refractivity contribution in [3.63, 3.8) is 0 Å². The second-order valence-corrected chi connectivity index (χ2v) is 5.19. The summed E-state index contributed by atoms with van der Waals surface area (Å²) < 4.78 is 0. The van der Waals surface area contributed by atoms with Crippen LogP contribution in [0.5, 0.6) is 0 Å². The van der Waals surface area contributed by atoms with Crippen LogP contribution in [0.1, 0.15) is 27.1 Å². The summed E-state index contributed by atoms with van der Waals surface area (Å²) >= 11 is 5.74. The summed E-state index contributed by atoms with van der Waals surface area (Å²) in [5.74, 6) is -1.20. The van der Waals surface area contributed by atoms with Crippen LogP contribution in [0.25, 0.3) is 0 Å². The van der Waals surface area contributed by atoms with Crippen LogP contribution in [-0.2, 0) is 4.79 Å². The van der Waals surface area contributed by atoms with Crippen LogP contribution in [0, 0.1) is 0 Å². The van der Waals surface area contributed by atoms with Gasteiger partial charge in [0.15, 0.2) is 0 Å². The topological polar surface area (TPSA) is 100 Å². The molecular formula is C16H15ClN4O3. The van der Waals surface area contributed by atoms with Gasteiger partial charge < -0.3 is 5.32 Å². The Morgan fingerprint density at radius 3 is 2.38 bits per heavy atom. The lowest BCUT2D eigenvalue weighted by atomic mass is 10.2. The minimum Gasteiger partial charge on any atom is -0.352 e. The van der Waals surface area contributed by atoms with Crippen molar-refractivity contribution in [3.05, 3.63) is 64.9 Å². The molecule has 3 N–H and O–H groups in total. The molecule has 0 aliphatic rings. The lowest BCUT2D eigenvalue weighted by Crippen LogP contribution is -2.42. The number of hydrazine groups is 1. The van der Waals surface area contributed by atoms with Crippen LogP contribution in [-0.4, -0.2) is 29.3 Å².